The summed E-state index contributed by atoms with van der Waals surface area (Å²) in [6.45, 7) is 4.11. The van der Waals surface area contributed by atoms with Crippen LogP contribution in [0.15, 0.2) is 54.6 Å². The summed E-state index contributed by atoms with van der Waals surface area (Å²) in [6.07, 6.45) is 2.20. The fourth-order valence-electron chi connectivity index (χ4n) is 3.36. The van der Waals surface area contributed by atoms with Crippen molar-refractivity contribution in [3.8, 4) is 0 Å². The summed E-state index contributed by atoms with van der Waals surface area (Å²) < 4.78 is 25.7. The molecule has 2 unspecified atom stereocenters. The Balaban J connectivity index is 1.67. The molecule has 5 nitrogen and oxygen atoms in total. The number of sulfonamides is 1. The molecule has 0 saturated carbocycles. The first-order valence-electron chi connectivity index (χ1n) is 8.52. The minimum atomic E-state index is -3.30. The number of nitrogens with zero attached hydrogens (tertiary/aromatic N) is 1. The number of hydrogen-bond acceptors (Lipinski definition) is 4. The molecule has 0 radical (unpaired) electrons. The topological polar surface area (TPSA) is 61.4 Å². The van der Waals surface area contributed by atoms with Gasteiger partial charge in [-0.05, 0) is 31.0 Å². The summed E-state index contributed by atoms with van der Waals surface area (Å²) in [5.74, 6) is 0. The molecule has 1 aliphatic heterocycles. The quantitative estimate of drug-likeness (QED) is 0.832. The molecule has 6 heteroatoms. The van der Waals surface area contributed by atoms with Crippen molar-refractivity contribution >= 4 is 21.4 Å². The van der Waals surface area contributed by atoms with E-state index in [4.69, 9.17) is 0 Å². The van der Waals surface area contributed by atoms with Crippen LogP contribution in [0.1, 0.15) is 18.9 Å². The predicted octanol–water partition coefficient (Wildman–Crippen LogP) is 3.13. The van der Waals surface area contributed by atoms with Crippen molar-refractivity contribution < 1.29 is 8.42 Å². The Hall–Kier alpha value is -2.05. The van der Waals surface area contributed by atoms with Gasteiger partial charge in [0.2, 0.25) is 10.0 Å². The van der Waals surface area contributed by atoms with Crippen molar-refractivity contribution in [2.75, 3.05) is 22.8 Å². The van der Waals surface area contributed by atoms with E-state index in [1.165, 1.54) is 11.8 Å². The van der Waals surface area contributed by atoms with Gasteiger partial charge < -0.3 is 5.32 Å². The number of rotatable bonds is 6. The first kappa shape index (κ1) is 17.8. The molecule has 1 aliphatic rings. The lowest BCUT2D eigenvalue weighted by atomic mass is 10.1. The third-order valence-electron chi connectivity index (χ3n) is 4.51. The molecule has 3 rings (SSSR count). The highest BCUT2D eigenvalue weighted by Gasteiger charge is 2.29. The van der Waals surface area contributed by atoms with E-state index in [0.29, 0.717) is 17.8 Å². The van der Waals surface area contributed by atoms with Gasteiger partial charge in [-0.2, -0.15) is 0 Å². The molecular weight excluding hydrogens is 334 g/mol. The fourth-order valence-corrected chi connectivity index (χ4v) is 3.94. The number of nitrogens with one attached hydrogen (secondary N) is 2. The number of anilines is 2. The molecule has 0 aliphatic carbocycles. The Kier molecular flexibility index (Phi) is 5.30. The number of benzene rings is 2. The van der Waals surface area contributed by atoms with Gasteiger partial charge in [-0.1, -0.05) is 42.5 Å². The molecule has 1 fully saturated rings. The van der Waals surface area contributed by atoms with E-state index >= 15 is 0 Å². The number of para-hydroxylation sites is 2. The first-order valence-corrected chi connectivity index (χ1v) is 10.4. The van der Waals surface area contributed by atoms with Crippen molar-refractivity contribution in [2.45, 2.75) is 32.0 Å². The van der Waals surface area contributed by atoms with Crippen molar-refractivity contribution in [1.29, 1.82) is 0 Å². The zero-order chi connectivity index (χ0) is 17.9. The number of hydrogen-bond donors (Lipinski definition) is 2. The maximum atomic E-state index is 11.6. The third-order valence-corrected chi connectivity index (χ3v) is 5.11. The summed E-state index contributed by atoms with van der Waals surface area (Å²) in [6, 6.07) is 18.7. The van der Waals surface area contributed by atoms with Gasteiger partial charge in [0.05, 0.1) is 17.6 Å². The lowest BCUT2D eigenvalue weighted by molar-refractivity contribution is 0.259. The van der Waals surface area contributed by atoms with Crippen molar-refractivity contribution in [2.24, 2.45) is 0 Å². The third kappa shape index (κ3) is 4.96. The largest absolute Gasteiger partial charge is 0.379 e. The zero-order valence-electron chi connectivity index (χ0n) is 14.6. The van der Waals surface area contributed by atoms with E-state index in [1.807, 2.05) is 24.3 Å². The first-order chi connectivity index (χ1) is 11.9. The molecule has 1 heterocycles. The molecular formula is C19H25N3O2S. The average Bonchev–Trinajstić information content (AvgIpc) is 2.88. The monoisotopic (exact) mass is 359 g/mol. The van der Waals surface area contributed by atoms with E-state index in [1.54, 1.807) is 6.07 Å². The molecule has 0 bridgehead atoms. The summed E-state index contributed by atoms with van der Waals surface area (Å²) >= 11 is 0. The summed E-state index contributed by atoms with van der Waals surface area (Å²) in [7, 11) is -3.30. The van der Waals surface area contributed by atoms with Gasteiger partial charge in [0, 0.05) is 25.2 Å². The summed E-state index contributed by atoms with van der Waals surface area (Å²) in [5.41, 5.74) is 2.74. The summed E-state index contributed by atoms with van der Waals surface area (Å²) in [4.78, 5) is 2.46. The molecule has 0 aromatic heterocycles. The van der Waals surface area contributed by atoms with Gasteiger partial charge in [-0.15, -0.1) is 0 Å². The minimum Gasteiger partial charge on any atom is -0.379 e. The molecule has 1 saturated heterocycles. The van der Waals surface area contributed by atoms with Crippen LogP contribution >= 0.6 is 0 Å². The van der Waals surface area contributed by atoms with Crippen LogP contribution in [0.4, 0.5) is 11.4 Å². The molecule has 25 heavy (non-hydrogen) atoms. The van der Waals surface area contributed by atoms with Gasteiger partial charge in [-0.3, -0.25) is 9.62 Å². The highest BCUT2D eigenvalue weighted by molar-refractivity contribution is 7.92. The maximum absolute atomic E-state index is 11.6. The molecule has 0 amide bonds. The van der Waals surface area contributed by atoms with Crippen LogP contribution in [0.5, 0.6) is 0 Å². The number of likely N-dealkylation sites (tertiary alicyclic amines) is 1. The van der Waals surface area contributed by atoms with Gasteiger partial charge in [-0.25, -0.2) is 8.42 Å². The van der Waals surface area contributed by atoms with Crippen LogP contribution in [0.3, 0.4) is 0 Å². The van der Waals surface area contributed by atoms with E-state index in [-0.39, 0.29) is 0 Å². The Morgan fingerprint density at radius 2 is 1.68 bits per heavy atom. The van der Waals surface area contributed by atoms with Gasteiger partial charge in [0.1, 0.15) is 0 Å². The molecule has 134 valence electrons. The maximum Gasteiger partial charge on any atom is 0.229 e. The van der Waals surface area contributed by atoms with Crippen LogP contribution in [-0.4, -0.2) is 38.2 Å². The lowest BCUT2D eigenvalue weighted by Gasteiger charge is -2.21. The normalized spacial score (nSPS) is 21.2. The Morgan fingerprint density at radius 3 is 2.36 bits per heavy atom. The van der Waals surface area contributed by atoms with E-state index in [2.05, 4.69) is 46.1 Å². The zero-order valence-corrected chi connectivity index (χ0v) is 15.5. The highest BCUT2D eigenvalue weighted by atomic mass is 32.2. The van der Waals surface area contributed by atoms with E-state index in [0.717, 1.165) is 25.2 Å². The van der Waals surface area contributed by atoms with Crippen LogP contribution in [0, 0.1) is 0 Å². The smallest absolute Gasteiger partial charge is 0.229 e. The van der Waals surface area contributed by atoms with Crippen molar-refractivity contribution in [3.63, 3.8) is 0 Å². The van der Waals surface area contributed by atoms with Gasteiger partial charge in [0.15, 0.2) is 0 Å². The second-order valence-electron chi connectivity index (χ2n) is 6.76. The molecule has 2 aromatic carbocycles. The van der Waals surface area contributed by atoms with Gasteiger partial charge >= 0.3 is 0 Å². The van der Waals surface area contributed by atoms with Crippen molar-refractivity contribution in [3.05, 3.63) is 60.2 Å². The standard InChI is InChI=1S/C19H25N3O2S/c1-15-12-17(14-22(15)13-16-8-4-3-5-9-16)20-18-10-6-7-11-19(18)21-25(2,23)24/h3-11,15,17,20-21H,12-14H2,1-2H3. The van der Waals surface area contributed by atoms with Crippen LogP contribution in [0.25, 0.3) is 0 Å². The lowest BCUT2D eigenvalue weighted by Crippen LogP contribution is -2.28. The van der Waals surface area contributed by atoms with Crippen LogP contribution < -0.4 is 10.0 Å². The van der Waals surface area contributed by atoms with E-state index in [9.17, 15) is 8.42 Å². The fraction of sp³-hybridized carbons (Fsp3) is 0.368. The minimum absolute atomic E-state index is 0.293. The molecule has 2 N–H and O–H groups in total. The van der Waals surface area contributed by atoms with Crippen molar-refractivity contribution in [1.82, 2.24) is 4.90 Å². The Labute approximate surface area is 150 Å². The van der Waals surface area contributed by atoms with Crippen LogP contribution in [-0.2, 0) is 16.6 Å². The Bertz CT molecular complexity index is 808. The summed E-state index contributed by atoms with van der Waals surface area (Å²) in [5, 5.41) is 3.51. The molecule has 0 spiro atoms. The average molecular weight is 359 g/mol. The SMILES string of the molecule is CC1CC(Nc2ccccc2NS(C)(=O)=O)CN1Cc1ccccc1. The predicted molar refractivity (Wildman–Crippen MR) is 103 cm³/mol. The van der Waals surface area contributed by atoms with Gasteiger partial charge in [0.25, 0.3) is 0 Å². The Morgan fingerprint density at radius 1 is 1.04 bits per heavy atom. The second kappa shape index (κ2) is 7.45. The van der Waals surface area contributed by atoms with E-state index < -0.39 is 10.0 Å². The van der Waals surface area contributed by atoms with Crippen LogP contribution in [0.2, 0.25) is 0 Å². The molecule has 2 aromatic rings. The molecule has 2 atom stereocenters. The highest BCUT2D eigenvalue weighted by Crippen LogP contribution is 2.27. The second-order valence-corrected chi connectivity index (χ2v) is 8.51.